The highest BCUT2D eigenvalue weighted by atomic mass is 32.2. The van der Waals surface area contributed by atoms with Gasteiger partial charge in [-0.25, -0.2) is 13.4 Å². The van der Waals surface area contributed by atoms with E-state index in [0.717, 1.165) is 53.0 Å². The van der Waals surface area contributed by atoms with Crippen LogP contribution in [0.3, 0.4) is 0 Å². The number of hydrogen-bond acceptors (Lipinski definition) is 4. The molecule has 0 radical (unpaired) electrons. The van der Waals surface area contributed by atoms with E-state index in [9.17, 15) is 8.42 Å². The Balaban J connectivity index is 1.66. The van der Waals surface area contributed by atoms with Gasteiger partial charge in [0, 0.05) is 6.61 Å². The van der Waals surface area contributed by atoms with E-state index in [-0.39, 0.29) is 6.10 Å². The van der Waals surface area contributed by atoms with Crippen LogP contribution in [0.15, 0.2) is 35.2 Å². The molecule has 0 bridgehead atoms. The molecule has 2 aromatic carbocycles. The molecule has 1 saturated heterocycles. The first kappa shape index (κ1) is 18.0. The molecule has 2 heterocycles. The van der Waals surface area contributed by atoms with Gasteiger partial charge in [0.1, 0.15) is 11.9 Å². The van der Waals surface area contributed by atoms with Gasteiger partial charge < -0.3 is 9.72 Å². The summed E-state index contributed by atoms with van der Waals surface area (Å²) in [5.74, 6) is 0.799. The third-order valence-corrected chi connectivity index (χ3v) is 6.55. The molecular weight excluding hydrogens is 362 g/mol. The molecule has 1 unspecified atom stereocenters. The molecule has 0 amide bonds. The maximum Gasteiger partial charge on any atom is 0.262 e. The lowest BCUT2D eigenvalue weighted by Gasteiger charge is -2.14. The molecule has 2 N–H and O–H groups in total. The first-order valence-corrected chi connectivity index (χ1v) is 10.5. The molecule has 4 rings (SSSR count). The Morgan fingerprint density at radius 1 is 1.15 bits per heavy atom. The average molecular weight is 385 g/mol. The molecular formula is C20H23N3O3S. The van der Waals surface area contributed by atoms with E-state index in [4.69, 9.17) is 4.74 Å². The molecule has 27 heavy (non-hydrogen) atoms. The third kappa shape index (κ3) is 3.44. The molecule has 1 fully saturated rings. The summed E-state index contributed by atoms with van der Waals surface area (Å²) in [5, 5.41) is 0. The van der Waals surface area contributed by atoms with Crippen LogP contribution >= 0.6 is 0 Å². The van der Waals surface area contributed by atoms with Crippen LogP contribution in [0.2, 0.25) is 0 Å². The van der Waals surface area contributed by atoms with Gasteiger partial charge in [-0.05, 0) is 62.9 Å². The summed E-state index contributed by atoms with van der Waals surface area (Å²) in [6, 6.07) is 9.09. The zero-order valence-corrected chi connectivity index (χ0v) is 16.5. The Morgan fingerprint density at radius 2 is 1.89 bits per heavy atom. The second-order valence-corrected chi connectivity index (χ2v) is 8.81. The summed E-state index contributed by atoms with van der Waals surface area (Å²) in [5.41, 5.74) is 4.62. The van der Waals surface area contributed by atoms with Crippen molar-refractivity contribution in [2.75, 3.05) is 11.3 Å². The Kier molecular flexibility index (Phi) is 4.44. The van der Waals surface area contributed by atoms with E-state index in [1.165, 1.54) is 0 Å². The summed E-state index contributed by atoms with van der Waals surface area (Å²) in [4.78, 5) is 8.16. The fraction of sp³-hybridized carbons (Fsp3) is 0.350. The van der Waals surface area contributed by atoms with E-state index in [0.29, 0.717) is 10.6 Å². The number of aromatic amines is 1. The first-order chi connectivity index (χ1) is 12.8. The van der Waals surface area contributed by atoms with Crippen molar-refractivity contribution >= 4 is 26.7 Å². The van der Waals surface area contributed by atoms with E-state index < -0.39 is 10.0 Å². The number of fused-ring (bicyclic) bond motifs is 1. The van der Waals surface area contributed by atoms with Gasteiger partial charge in [-0.2, -0.15) is 0 Å². The van der Waals surface area contributed by atoms with Gasteiger partial charge in [-0.1, -0.05) is 17.7 Å². The number of nitrogens with zero attached hydrogens (tertiary/aromatic N) is 1. The molecule has 0 spiro atoms. The van der Waals surface area contributed by atoms with Crippen LogP contribution in [-0.4, -0.2) is 25.0 Å². The minimum Gasteiger partial charge on any atom is -0.370 e. The number of sulfonamides is 1. The Labute approximate surface area is 159 Å². The van der Waals surface area contributed by atoms with Crippen molar-refractivity contribution in [1.82, 2.24) is 9.97 Å². The predicted octanol–water partition coefficient (Wildman–Crippen LogP) is 4.14. The van der Waals surface area contributed by atoms with E-state index >= 15 is 0 Å². The van der Waals surface area contributed by atoms with Crippen LogP contribution in [0.1, 0.15) is 41.5 Å². The predicted molar refractivity (Wildman–Crippen MR) is 105 cm³/mol. The number of hydrogen-bond donors (Lipinski definition) is 2. The maximum atomic E-state index is 12.9. The quantitative estimate of drug-likeness (QED) is 0.707. The summed E-state index contributed by atoms with van der Waals surface area (Å²) in [6.07, 6.45) is 1.98. The van der Waals surface area contributed by atoms with Gasteiger partial charge in [0.2, 0.25) is 0 Å². The van der Waals surface area contributed by atoms with Crippen LogP contribution in [0.5, 0.6) is 0 Å². The maximum absolute atomic E-state index is 12.9. The van der Waals surface area contributed by atoms with Gasteiger partial charge in [-0.15, -0.1) is 0 Å². The van der Waals surface area contributed by atoms with Gasteiger partial charge in [0.15, 0.2) is 0 Å². The number of nitrogens with one attached hydrogen (secondary N) is 2. The molecule has 1 atom stereocenters. The normalized spacial score (nSPS) is 17.5. The number of imidazole rings is 1. The zero-order valence-electron chi connectivity index (χ0n) is 15.7. The van der Waals surface area contributed by atoms with Crippen molar-refractivity contribution in [3.05, 3.63) is 52.8 Å². The number of rotatable bonds is 4. The number of benzene rings is 2. The highest BCUT2D eigenvalue weighted by Crippen LogP contribution is 2.30. The van der Waals surface area contributed by atoms with Gasteiger partial charge in [-0.3, -0.25) is 4.72 Å². The van der Waals surface area contributed by atoms with Crippen molar-refractivity contribution in [2.24, 2.45) is 0 Å². The lowest BCUT2D eigenvalue weighted by atomic mass is 10.1. The monoisotopic (exact) mass is 385 g/mol. The van der Waals surface area contributed by atoms with Crippen molar-refractivity contribution < 1.29 is 13.2 Å². The molecule has 7 heteroatoms. The SMILES string of the molecule is Cc1cc(C)c(S(=O)(=O)Nc2ccc3nc(C4CCCO4)[nH]c3c2)c(C)c1. The largest absolute Gasteiger partial charge is 0.370 e. The molecule has 0 aliphatic carbocycles. The second kappa shape index (κ2) is 6.65. The molecule has 3 aromatic rings. The Hall–Kier alpha value is -2.38. The summed E-state index contributed by atoms with van der Waals surface area (Å²) in [7, 11) is -3.68. The number of ether oxygens (including phenoxy) is 1. The Bertz CT molecular complexity index is 1090. The van der Waals surface area contributed by atoms with Crippen LogP contribution in [0, 0.1) is 20.8 Å². The lowest BCUT2D eigenvalue weighted by Crippen LogP contribution is -2.15. The van der Waals surface area contributed by atoms with Crippen LogP contribution < -0.4 is 4.72 Å². The highest BCUT2D eigenvalue weighted by molar-refractivity contribution is 7.92. The van der Waals surface area contributed by atoms with Crippen LogP contribution in [0.25, 0.3) is 11.0 Å². The second-order valence-electron chi connectivity index (χ2n) is 7.19. The van der Waals surface area contributed by atoms with Gasteiger partial charge in [0.05, 0.1) is 21.6 Å². The van der Waals surface area contributed by atoms with E-state index in [2.05, 4.69) is 14.7 Å². The minimum atomic E-state index is -3.68. The van der Waals surface area contributed by atoms with Gasteiger partial charge >= 0.3 is 0 Å². The third-order valence-electron chi connectivity index (χ3n) is 4.86. The highest BCUT2D eigenvalue weighted by Gasteiger charge is 2.22. The molecule has 0 saturated carbocycles. The number of aryl methyl sites for hydroxylation is 3. The topological polar surface area (TPSA) is 84.1 Å². The summed E-state index contributed by atoms with van der Waals surface area (Å²) < 4.78 is 34.3. The van der Waals surface area contributed by atoms with Crippen LogP contribution in [0.4, 0.5) is 5.69 Å². The molecule has 6 nitrogen and oxygen atoms in total. The fourth-order valence-corrected chi connectivity index (χ4v) is 5.34. The number of aromatic nitrogens is 2. The fourth-order valence-electron chi connectivity index (χ4n) is 3.84. The molecule has 142 valence electrons. The zero-order chi connectivity index (χ0) is 19.2. The lowest BCUT2D eigenvalue weighted by molar-refractivity contribution is 0.106. The smallest absolute Gasteiger partial charge is 0.262 e. The molecule has 1 aliphatic heterocycles. The average Bonchev–Trinajstić information content (AvgIpc) is 3.21. The number of anilines is 1. The van der Waals surface area contributed by atoms with Crippen molar-refractivity contribution in [1.29, 1.82) is 0 Å². The molecule has 1 aliphatic rings. The van der Waals surface area contributed by atoms with E-state index in [1.54, 1.807) is 12.1 Å². The van der Waals surface area contributed by atoms with Crippen molar-refractivity contribution in [2.45, 2.75) is 44.6 Å². The van der Waals surface area contributed by atoms with Crippen molar-refractivity contribution in [3.63, 3.8) is 0 Å². The first-order valence-electron chi connectivity index (χ1n) is 9.05. The minimum absolute atomic E-state index is 0.00426. The van der Waals surface area contributed by atoms with Gasteiger partial charge in [0.25, 0.3) is 10.0 Å². The molecule has 1 aromatic heterocycles. The summed E-state index contributed by atoms with van der Waals surface area (Å²) >= 11 is 0. The van der Waals surface area contributed by atoms with E-state index in [1.807, 2.05) is 39.0 Å². The standard InChI is InChI=1S/C20H23N3O3S/c1-12-9-13(2)19(14(3)10-12)27(24,25)23-15-6-7-16-17(11-15)22-20(21-16)18-5-4-8-26-18/h6-7,9-11,18,23H,4-5,8H2,1-3H3,(H,21,22). The van der Waals surface area contributed by atoms with Crippen molar-refractivity contribution in [3.8, 4) is 0 Å². The number of H-pyrrole nitrogens is 1. The summed E-state index contributed by atoms with van der Waals surface area (Å²) in [6.45, 7) is 6.35. The van der Waals surface area contributed by atoms with Crippen LogP contribution in [-0.2, 0) is 14.8 Å². The Morgan fingerprint density at radius 3 is 2.56 bits per heavy atom.